The Hall–Kier alpha value is -3.47. The summed E-state index contributed by atoms with van der Waals surface area (Å²) in [5, 5.41) is 14.9. The van der Waals surface area contributed by atoms with Crippen molar-refractivity contribution in [3.63, 3.8) is 0 Å². The standard InChI is InChI=1S/C17H11F3N4O/c18-17(19,20)11-1-3-12(4-2-11)23-16(25)24-13-7-10(9-21)14-5-6-22-15(14)8-13/h1-8,22H,(H2,23,24,25). The maximum absolute atomic E-state index is 12.5. The van der Waals surface area contributed by atoms with E-state index in [0.29, 0.717) is 16.8 Å². The lowest BCUT2D eigenvalue weighted by Gasteiger charge is -2.10. The van der Waals surface area contributed by atoms with Crippen LogP contribution in [0.5, 0.6) is 0 Å². The Balaban J connectivity index is 1.74. The third-order valence-corrected chi connectivity index (χ3v) is 3.52. The molecule has 0 unspecified atom stereocenters. The zero-order chi connectivity index (χ0) is 18.0. The highest BCUT2D eigenvalue weighted by Gasteiger charge is 2.29. The number of benzene rings is 2. The van der Waals surface area contributed by atoms with Crippen LogP contribution >= 0.6 is 0 Å². The van der Waals surface area contributed by atoms with Gasteiger partial charge in [0.25, 0.3) is 0 Å². The molecule has 0 aliphatic rings. The van der Waals surface area contributed by atoms with Crippen LogP contribution in [0.3, 0.4) is 0 Å². The summed E-state index contributed by atoms with van der Waals surface area (Å²) < 4.78 is 37.5. The van der Waals surface area contributed by atoms with Crippen molar-refractivity contribution >= 4 is 28.3 Å². The Bertz CT molecular complexity index is 968. The van der Waals surface area contributed by atoms with E-state index in [1.54, 1.807) is 18.3 Å². The van der Waals surface area contributed by atoms with Crippen LogP contribution in [0.15, 0.2) is 48.7 Å². The fourth-order valence-electron chi connectivity index (χ4n) is 2.37. The molecule has 0 aliphatic carbocycles. The Labute approximate surface area is 140 Å². The number of H-pyrrole nitrogens is 1. The molecule has 2 amide bonds. The summed E-state index contributed by atoms with van der Waals surface area (Å²) in [6, 6.07) is 10.4. The SMILES string of the molecule is N#Cc1cc(NC(=O)Nc2ccc(C(F)(F)F)cc2)cc2[nH]ccc12. The van der Waals surface area contributed by atoms with Gasteiger partial charge in [-0.2, -0.15) is 18.4 Å². The van der Waals surface area contributed by atoms with Crippen molar-refractivity contribution in [2.45, 2.75) is 6.18 Å². The van der Waals surface area contributed by atoms with Crippen LogP contribution < -0.4 is 10.6 Å². The predicted molar refractivity (Wildman–Crippen MR) is 87.1 cm³/mol. The van der Waals surface area contributed by atoms with Crippen LogP contribution in [0, 0.1) is 11.3 Å². The molecule has 0 atom stereocenters. The van der Waals surface area contributed by atoms with E-state index in [-0.39, 0.29) is 5.69 Å². The number of aromatic nitrogens is 1. The van der Waals surface area contributed by atoms with E-state index < -0.39 is 17.8 Å². The first-order valence-corrected chi connectivity index (χ1v) is 7.13. The van der Waals surface area contributed by atoms with Crippen LogP contribution in [0.1, 0.15) is 11.1 Å². The third-order valence-electron chi connectivity index (χ3n) is 3.52. The first kappa shape index (κ1) is 16.4. The number of urea groups is 1. The molecule has 0 saturated carbocycles. The lowest BCUT2D eigenvalue weighted by atomic mass is 10.1. The minimum absolute atomic E-state index is 0.215. The van der Waals surface area contributed by atoms with Gasteiger partial charge in [0.15, 0.2) is 0 Å². The Kier molecular flexibility index (Phi) is 4.07. The number of nitrogens with one attached hydrogen (secondary N) is 3. The number of fused-ring (bicyclic) bond motifs is 1. The molecular formula is C17H11F3N4O. The second-order valence-corrected chi connectivity index (χ2v) is 5.23. The lowest BCUT2D eigenvalue weighted by Crippen LogP contribution is -2.19. The molecule has 0 saturated heterocycles. The molecule has 0 fully saturated rings. The van der Waals surface area contributed by atoms with Gasteiger partial charge in [-0.15, -0.1) is 0 Å². The van der Waals surface area contributed by atoms with Gasteiger partial charge in [0, 0.05) is 28.5 Å². The number of nitriles is 1. The number of carbonyl (C=O) groups is 1. The van der Waals surface area contributed by atoms with Gasteiger partial charge in [0.2, 0.25) is 0 Å². The molecule has 0 radical (unpaired) electrons. The minimum atomic E-state index is -4.43. The van der Waals surface area contributed by atoms with Gasteiger partial charge in [-0.05, 0) is 42.5 Å². The van der Waals surface area contributed by atoms with Crippen LogP contribution in [-0.4, -0.2) is 11.0 Å². The molecule has 1 aromatic heterocycles. The molecule has 3 N–H and O–H groups in total. The molecule has 0 aliphatic heterocycles. The molecule has 2 aromatic carbocycles. The highest BCUT2D eigenvalue weighted by atomic mass is 19.4. The molecule has 5 nitrogen and oxygen atoms in total. The minimum Gasteiger partial charge on any atom is -0.361 e. The number of alkyl halides is 3. The van der Waals surface area contributed by atoms with Gasteiger partial charge in [0.05, 0.1) is 17.2 Å². The summed E-state index contributed by atoms with van der Waals surface area (Å²) in [5.74, 6) is 0. The number of aromatic amines is 1. The lowest BCUT2D eigenvalue weighted by molar-refractivity contribution is -0.137. The smallest absolute Gasteiger partial charge is 0.361 e. The average Bonchev–Trinajstić information content (AvgIpc) is 3.02. The number of hydrogen-bond acceptors (Lipinski definition) is 2. The molecular weight excluding hydrogens is 333 g/mol. The van der Waals surface area contributed by atoms with E-state index in [9.17, 15) is 18.0 Å². The second kappa shape index (κ2) is 6.20. The zero-order valence-electron chi connectivity index (χ0n) is 12.6. The molecule has 3 rings (SSSR count). The number of carbonyl (C=O) groups excluding carboxylic acids is 1. The first-order valence-electron chi connectivity index (χ1n) is 7.13. The highest BCUT2D eigenvalue weighted by molar-refractivity contribution is 6.01. The summed E-state index contributed by atoms with van der Waals surface area (Å²) in [6.07, 6.45) is -2.75. The van der Waals surface area contributed by atoms with Gasteiger partial charge in [-0.1, -0.05) is 0 Å². The number of nitrogens with zero attached hydrogens (tertiary/aromatic N) is 1. The molecule has 0 spiro atoms. The van der Waals surface area contributed by atoms with E-state index in [4.69, 9.17) is 5.26 Å². The second-order valence-electron chi connectivity index (χ2n) is 5.23. The number of amides is 2. The summed E-state index contributed by atoms with van der Waals surface area (Å²) >= 11 is 0. The summed E-state index contributed by atoms with van der Waals surface area (Å²) in [5.41, 5.74) is 0.879. The fraction of sp³-hybridized carbons (Fsp3) is 0.0588. The van der Waals surface area contributed by atoms with E-state index in [1.807, 2.05) is 6.07 Å². The van der Waals surface area contributed by atoms with Crippen molar-refractivity contribution in [3.05, 3.63) is 59.8 Å². The summed E-state index contributed by atoms with van der Waals surface area (Å²) in [4.78, 5) is 14.9. The predicted octanol–water partition coefficient (Wildman–Crippen LogP) is 4.70. The molecule has 8 heteroatoms. The van der Waals surface area contributed by atoms with E-state index in [2.05, 4.69) is 15.6 Å². The van der Waals surface area contributed by atoms with Crippen LogP contribution in [0.2, 0.25) is 0 Å². The zero-order valence-corrected chi connectivity index (χ0v) is 12.6. The van der Waals surface area contributed by atoms with Crippen molar-refractivity contribution in [2.24, 2.45) is 0 Å². The van der Waals surface area contributed by atoms with Crippen molar-refractivity contribution in [2.75, 3.05) is 10.6 Å². The van der Waals surface area contributed by atoms with Gasteiger partial charge < -0.3 is 15.6 Å². The Morgan fingerprint density at radius 1 is 1.04 bits per heavy atom. The largest absolute Gasteiger partial charge is 0.416 e. The maximum Gasteiger partial charge on any atom is 0.416 e. The van der Waals surface area contributed by atoms with E-state index in [0.717, 1.165) is 29.7 Å². The Morgan fingerprint density at radius 2 is 1.72 bits per heavy atom. The number of rotatable bonds is 2. The van der Waals surface area contributed by atoms with Gasteiger partial charge in [0.1, 0.15) is 0 Å². The van der Waals surface area contributed by atoms with Gasteiger partial charge in [-0.25, -0.2) is 4.79 Å². The normalized spacial score (nSPS) is 11.1. The van der Waals surface area contributed by atoms with Crippen LogP contribution in [-0.2, 0) is 6.18 Å². The number of halogens is 3. The first-order chi connectivity index (χ1) is 11.9. The summed E-state index contributed by atoms with van der Waals surface area (Å²) in [6.45, 7) is 0. The van der Waals surface area contributed by atoms with Crippen LogP contribution in [0.25, 0.3) is 10.9 Å². The third kappa shape index (κ3) is 3.55. The monoisotopic (exact) mass is 344 g/mol. The Morgan fingerprint density at radius 3 is 2.36 bits per heavy atom. The topological polar surface area (TPSA) is 80.7 Å². The molecule has 1 heterocycles. The average molecular weight is 344 g/mol. The van der Waals surface area contributed by atoms with E-state index >= 15 is 0 Å². The maximum atomic E-state index is 12.5. The van der Waals surface area contributed by atoms with Crippen LogP contribution in [0.4, 0.5) is 29.3 Å². The number of anilines is 2. The highest BCUT2D eigenvalue weighted by Crippen LogP contribution is 2.30. The van der Waals surface area contributed by atoms with Gasteiger partial charge in [-0.3, -0.25) is 0 Å². The van der Waals surface area contributed by atoms with Crippen molar-refractivity contribution < 1.29 is 18.0 Å². The van der Waals surface area contributed by atoms with Crippen molar-refractivity contribution in [1.82, 2.24) is 4.98 Å². The van der Waals surface area contributed by atoms with Crippen molar-refractivity contribution in [1.29, 1.82) is 5.26 Å². The molecule has 25 heavy (non-hydrogen) atoms. The molecule has 3 aromatic rings. The van der Waals surface area contributed by atoms with Crippen molar-refractivity contribution in [3.8, 4) is 6.07 Å². The van der Waals surface area contributed by atoms with Gasteiger partial charge >= 0.3 is 12.2 Å². The number of hydrogen-bond donors (Lipinski definition) is 3. The molecule has 126 valence electrons. The summed E-state index contributed by atoms with van der Waals surface area (Å²) in [7, 11) is 0. The fourth-order valence-corrected chi connectivity index (χ4v) is 2.37. The molecule has 0 bridgehead atoms. The quantitative estimate of drug-likeness (QED) is 0.630. The van der Waals surface area contributed by atoms with E-state index in [1.165, 1.54) is 6.07 Å².